The smallest absolute Gasteiger partial charge is 0.246 e. The highest BCUT2D eigenvalue weighted by Gasteiger charge is 2.44. The van der Waals surface area contributed by atoms with Gasteiger partial charge >= 0.3 is 0 Å². The van der Waals surface area contributed by atoms with Gasteiger partial charge in [0.25, 0.3) is 0 Å². The molecule has 232 valence electrons. The van der Waals surface area contributed by atoms with Crippen LogP contribution in [-0.2, 0) is 27.3 Å². The first-order chi connectivity index (χ1) is 20.4. The van der Waals surface area contributed by atoms with Crippen LogP contribution < -0.4 is 15.4 Å². The Hall–Kier alpha value is -3.50. The first-order valence-corrected chi connectivity index (χ1v) is 15.7. The maximum absolute atomic E-state index is 13.8. The third kappa shape index (κ3) is 8.12. The number of methoxy groups -OCH3 is 1. The zero-order valence-electron chi connectivity index (χ0n) is 26.0. The minimum atomic E-state index is -0.853. The van der Waals surface area contributed by atoms with Gasteiger partial charge in [0.1, 0.15) is 17.8 Å². The number of hydrogen-bond donors (Lipinski definition) is 3. The van der Waals surface area contributed by atoms with E-state index in [1.807, 2.05) is 68.9 Å². The highest BCUT2D eigenvalue weighted by atomic mass is 32.2. The summed E-state index contributed by atoms with van der Waals surface area (Å²) in [6.45, 7) is 8.10. The van der Waals surface area contributed by atoms with Gasteiger partial charge in [0.2, 0.25) is 17.7 Å². The van der Waals surface area contributed by atoms with Crippen LogP contribution in [0.5, 0.6) is 5.75 Å². The largest absolute Gasteiger partial charge is 0.497 e. The molecule has 1 fully saturated rings. The molecule has 0 saturated carbocycles. The first-order valence-electron chi connectivity index (χ1n) is 14.7. The van der Waals surface area contributed by atoms with E-state index in [4.69, 9.17) is 4.74 Å². The average Bonchev–Trinajstić information content (AvgIpc) is 3.54. The van der Waals surface area contributed by atoms with Crippen molar-refractivity contribution >= 4 is 34.4 Å². The Morgan fingerprint density at radius 2 is 1.72 bits per heavy atom. The van der Waals surface area contributed by atoms with Gasteiger partial charge in [-0.05, 0) is 47.6 Å². The van der Waals surface area contributed by atoms with Gasteiger partial charge in [0, 0.05) is 43.6 Å². The van der Waals surface area contributed by atoms with Gasteiger partial charge in [-0.2, -0.15) is 0 Å². The molecule has 2 aliphatic heterocycles. The molecule has 0 bridgehead atoms. The van der Waals surface area contributed by atoms with Crippen LogP contribution in [0, 0.1) is 5.41 Å². The number of ether oxygens (including phenoxy) is 1. The lowest BCUT2D eigenvalue weighted by atomic mass is 9.85. The van der Waals surface area contributed by atoms with Gasteiger partial charge in [-0.1, -0.05) is 57.2 Å². The summed E-state index contributed by atoms with van der Waals surface area (Å²) in [6, 6.07) is 14.0. The van der Waals surface area contributed by atoms with Crippen molar-refractivity contribution in [2.75, 3.05) is 26.6 Å². The fourth-order valence-electron chi connectivity index (χ4n) is 5.31. The van der Waals surface area contributed by atoms with Crippen LogP contribution in [-0.4, -0.2) is 77.4 Å². The Morgan fingerprint density at radius 1 is 1.07 bits per heavy atom. The van der Waals surface area contributed by atoms with Crippen molar-refractivity contribution in [3.63, 3.8) is 0 Å². The molecule has 0 aliphatic carbocycles. The number of β-amino-alcohol motifs (C(OH)–C–C–N with tert-alkyl or cyclic N) is 1. The molecule has 10 heteroatoms. The lowest BCUT2D eigenvalue weighted by Crippen LogP contribution is -2.57. The molecule has 0 unspecified atom stereocenters. The van der Waals surface area contributed by atoms with Crippen LogP contribution in [0.4, 0.5) is 0 Å². The number of thioether (sulfide) groups is 1. The molecule has 43 heavy (non-hydrogen) atoms. The molecular formula is C33H44N4O5S. The molecule has 0 spiro atoms. The molecule has 9 nitrogen and oxygen atoms in total. The quantitative estimate of drug-likeness (QED) is 0.377. The van der Waals surface area contributed by atoms with Crippen molar-refractivity contribution in [1.82, 2.24) is 20.4 Å². The number of nitrogens with zero attached hydrogens (tertiary/aromatic N) is 2. The highest BCUT2D eigenvalue weighted by molar-refractivity contribution is 8.08. The summed E-state index contributed by atoms with van der Waals surface area (Å²) in [4.78, 5) is 45.0. The summed E-state index contributed by atoms with van der Waals surface area (Å²) >= 11 is 1.81. The third-order valence-corrected chi connectivity index (χ3v) is 9.41. The van der Waals surface area contributed by atoms with E-state index >= 15 is 0 Å². The SMILES string of the molecule is COc1ccc(CCC(=O)N[C@H](C(=O)N2C[C@H](O)C[C@H]2C(=O)NCc2ccc(C3=C(C)N(C)CS3)cc2)C(C)(C)C)cc1. The molecule has 3 amide bonds. The van der Waals surface area contributed by atoms with E-state index in [2.05, 4.69) is 41.6 Å². The van der Waals surface area contributed by atoms with Crippen LogP contribution in [0.25, 0.3) is 4.91 Å². The van der Waals surface area contributed by atoms with Crippen LogP contribution in [0.2, 0.25) is 0 Å². The zero-order chi connectivity index (χ0) is 31.3. The Bertz CT molecular complexity index is 1340. The number of rotatable bonds is 10. The fourth-order valence-corrected chi connectivity index (χ4v) is 6.50. The molecule has 2 heterocycles. The average molecular weight is 609 g/mol. The van der Waals surface area contributed by atoms with E-state index in [-0.39, 0.29) is 37.1 Å². The highest BCUT2D eigenvalue weighted by Crippen LogP contribution is 2.38. The maximum atomic E-state index is 13.8. The van der Waals surface area contributed by atoms with Crippen molar-refractivity contribution in [2.45, 2.75) is 71.7 Å². The number of benzene rings is 2. The Balaban J connectivity index is 1.37. The molecule has 3 N–H and O–H groups in total. The first kappa shape index (κ1) is 32.4. The minimum absolute atomic E-state index is 0.0422. The Morgan fingerprint density at radius 3 is 2.30 bits per heavy atom. The number of likely N-dealkylation sites (tertiary alicyclic amines) is 1. The predicted octanol–water partition coefficient (Wildman–Crippen LogP) is 3.76. The van der Waals surface area contributed by atoms with Crippen LogP contribution in [0.1, 0.15) is 57.2 Å². The standard InChI is InChI=1S/C33H44N4O5S/c1-21-29(43-20-36(21)5)24-12-7-23(8-13-24)18-34-31(40)27-17-25(38)19-37(27)32(41)30(33(2,3)4)35-28(39)16-11-22-9-14-26(42-6)15-10-22/h7-10,12-15,25,27,30,38H,11,16-20H2,1-6H3,(H,34,40)(H,35,39)/t25-,27+,30-/m1/s1. The molecule has 4 rings (SSSR count). The molecule has 2 aliphatic rings. The van der Waals surface area contributed by atoms with Gasteiger partial charge in [-0.25, -0.2) is 0 Å². The van der Waals surface area contributed by atoms with Gasteiger partial charge < -0.3 is 30.3 Å². The van der Waals surface area contributed by atoms with Crippen molar-refractivity contribution in [2.24, 2.45) is 5.41 Å². The molecule has 3 atom stereocenters. The molecule has 1 saturated heterocycles. The van der Waals surface area contributed by atoms with Gasteiger partial charge in [-0.3, -0.25) is 14.4 Å². The van der Waals surface area contributed by atoms with Crippen LogP contribution >= 0.6 is 11.8 Å². The van der Waals surface area contributed by atoms with Crippen molar-refractivity contribution in [3.05, 3.63) is 70.9 Å². The lowest BCUT2D eigenvalue weighted by molar-refractivity contribution is -0.144. The van der Waals surface area contributed by atoms with E-state index in [0.717, 1.165) is 28.3 Å². The van der Waals surface area contributed by atoms with E-state index in [1.54, 1.807) is 7.11 Å². The van der Waals surface area contributed by atoms with Gasteiger partial charge in [0.05, 0.1) is 19.1 Å². The fraction of sp³-hybridized carbons (Fsp3) is 0.485. The molecule has 2 aromatic carbocycles. The summed E-state index contributed by atoms with van der Waals surface area (Å²) in [6.07, 6.45) is 0.0623. The summed E-state index contributed by atoms with van der Waals surface area (Å²) in [5.74, 6) is 0.746. The van der Waals surface area contributed by atoms with Crippen LogP contribution in [0.15, 0.2) is 54.2 Å². The number of carbonyl (C=O) groups excluding carboxylic acids is 3. The summed E-state index contributed by atoms with van der Waals surface area (Å²) in [5.41, 5.74) is 3.72. The summed E-state index contributed by atoms with van der Waals surface area (Å²) < 4.78 is 5.19. The second kappa shape index (κ2) is 13.9. The number of amides is 3. The van der Waals surface area contributed by atoms with E-state index in [1.165, 1.54) is 15.5 Å². The maximum Gasteiger partial charge on any atom is 0.246 e. The predicted molar refractivity (Wildman–Crippen MR) is 170 cm³/mol. The zero-order valence-corrected chi connectivity index (χ0v) is 26.8. The molecule has 0 aromatic heterocycles. The van der Waals surface area contributed by atoms with E-state index < -0.39 is 23.6 Å². The number of carbonyl (C=O) groups is 3. The van der Waals surface area contributed by atoms with Crippen molar-refractivity contribution < 1.29 is 24.2 Å². The van der Waals surface area contributed by atoms with Gasteiger partial charge in [0.15, 0.2) is 0 Å². The molecule has 2 aromatic rings. The summed E-state index contributed by atoms with van der Waals surface area (Å²) in [5, 5.41) is 16.3. The Labute approximate surface area is 259 Å². The Kier molecular flexibility index (Phi) is 10.4. The van der Waals surface area contributed by atoms with Crippen molar-refractivity contribution in [3.8, 4) is 5.75 Å². The van der Waals surface area contributed by atoms with E-state index in [9.17, 15) is 19.5 Å². The second-order valence-corrected chi connectivity index (χ2v) is 13.4. The number of hydrogen-bond acceptors (Lipinski definition) is 7. The number of allylic oxidation sites excluding steroid dienone is 1. The number of aliphatic hydroxyl groups is 1. The van der Waals surface area contributed by atoms with Crippen LogP contribution in [0.3, 0.4) is 0 Å². The number of aryl methyl sites for hydroxylation is 1. The van der Waals surface area contributed by atoms with Crippen molar-refractivity contribution in [1.29, 1.82) is 0 Å². The molecule has 0 radical (unpaired) electrons. The second-order valence-electron chi connectivity index (χ2n) is 12.4. The van der Waals surface area contributed by atoms with E-state index in [0.29, 0.717) is 13.0 Å². The summed E-state index contributed by atoms with van der Waals surface area (Å²) in [7, 11) is 3.68. The monoisotopic (exact) mass is 608 g/mol. The molecular weight excluding hydrogens is 564 g/mol. The lowest BCUT2D eigenvalue weighted by Gasteiger charge is -2.35. The minimum Gasteiger partial charge on any atom is -0.497 e. The normalized spacial score (nSPS) is 19.4. The number of nitrogens with one attached hydrogen (secondary N) is 2. The van der Waals surface area contributed by atoms with Gasteiger partial charge in [-0.15, -0.1) is 11.8 Å². The number of aliphatic hydroxyl groups excluding tert-OH is 1. The third-order valence-electron chi connectivity index (χ3n) is 8.07. The topological polar surface area (TPSA) is 111 Å².